The number of nitrogens with two attached hydrogens (primary N) is 1. The third-order valence-corrected chi connectivity index (χ3v) is 0.622. The van der Waals surface area contributed by atoms with Gasteiger partial charge < -0.3 is 10.7 Å². The van der Waals surface area contributed by atoms with Crippen LogP contribution < -0.4 is 5.73 Å². The van der Waals surface area contributed by atoms with Crippen molar-refractivity contribution >= 4 is 5.82 Å². The Hall–Kier alpha value is -0.401. The molecule has 0 unspecified atom stereocenters. The van der Waals surface area contributed by atoms with Crippen LogP contribution in [0.3, 0.4) is 0 Å². The molecule has 1 rings (SSSR count). The van der Waals surface area contributed by atoms with E-state index in [0.717, 1.165) is 5.82 Å². The zero-order valence-electron chi connectivity index (χ0n) is 3.61. The molecule has 0 bridgehead atoms. The summed E-state index contributed by atoms with van der Waals surface area (Å²) in [6.45, 7) is 0. The van der Waals surface area contributed by atoms with Crippen LogP contribution in [0.1, 0.15) is 0 Å². The molecular formula is C4H6CuN2. The monoisotopic (exact) mass is 145 g/mol. The number of H-pyrrole nitrogens is 1. The van der Waals surface area contributed by atoms with Crippen molar-refractivity contribution in [2.75, 3.05) is 5.73 Å². The molecule has 0 spiro atoms. The fraction of sp³-hybridized carbons (Fsp3) is 0. The number of hydrogen-bond donors (Lipinski definition) is 2. The van der Waals surface area contributed by atoms with Gasteiger partial charge in [0.15, 0.2) is 0 Å². The van der Waals surface area contributed by atoms with E-state index in [4.69, 9.17) is 5.73 Å². The van der Waals surface area contributed by atoms with Crippen molar-refractivity contribution in [3.63, 3.8) is 0 Å². The second-order valence-corrected chi connectivity index (χ2v) is 1.13. The van der Waals surface area contributed by atoms with Crippen molar-refractivity contribution in [2.45, 2.75) is 0 Å². The van der Waals surface area contributed by atoms with Gasteiger partial charge in [-0.2, -0.15) is 0 Å². The molecule has 1 heterocycles. The van der Waals surface area contributed by atoms with Crippen LogP contribution in [0.25, 0.3) is 0 Å². The number of aromatic amines is 1. The fourth-order valence-electron chi connectivity index (χ4n) is 0.344. The topological polar surface area (TPSA) is 41.8 Å². The number of anilines is 1. The Morgan fingerprint density at radius 1 is 1.57 bits per heavy atom. The molecule has 7 heavy (non-hydrogen) atoms. The minimum atomic E-state index is 0. The number of hydrogen-bond acceptors (Lipinski definition) is 1. The van der Waals surface area contributed by atoms with Crippen LogP contribution in [0.15, 0.2) is 18.3 Å². The van der Waals surface area contributed by atoms with Crippen molar-refractivity contribution in [3.05, 3.63) is 18.3 Å². The van der Waals surface area contributed by atoms with Gasteiger partial charge in [-0.05, 0) is 12.1 Å². The Labute approximate surface area is 52.6 Å². The first-order valence-corrected chi connectivity index (χ1v) is 1.78. The molecule has 0 fully saturated rings. The van der Waals surface area contributed by atoms with Gasteiger partial charge in [-0.25, -0.2) is 0 Å². The number of rotatable bonds is 0. The van der Waals surface area contributed by atoms with E-state index in [2.05, 4.69) is 4.98 Å². The van der Waals surface area contributed by atoms with E-state index in [1.54, 1.807) is 12.3 Å². The molecule has 0 saturated carbocycles. The Bertz CT molecular complexity index is 113. The molecular weight excluding hydrogens is 140 g/mol. The largest absolute Gasteiger partial charge is 0.385 e. The third kappa shape index (κ3) is 1.67. The van der Waals surface area contributed by atoms with Crippen LogP contribution >= 0.6 is 0 Å². The van der Waals surface area contributed by atoms with Gasteiger partial charge in [-0.1, -0.05) is 0 Å². The smallest absolute Gasteiger partial charge is 0.100 e. The third-order valence-electron chi connectivity index (χ3n) is 0.622. The van der Waals surface area contributed by atoms with Crippen LogP contribution in [0.2, 0.25) is 0 Å². The van der Waals surface area contributed by atoms with Gasteiger partial charge in [0.05, 0.1) is 0 Å². The van der Waals surface area contributed by atoms with Crippen molar-refractivity contribution in [1.29, 1.82) is 0 Å². The molecule has 0 saturated heterocycles. The molecule has 1 aromatic heterocycles. The maximum atomic E-state index is 5.22. The van der Waals surface area contributed by atoms with Gasteiger partial charge in [0.1, 0.15) is 5.82 Å². The molecule has 0 aromatic carbocycles. The minimum absolute atomic E-state index is 0. The molecule has 3 N–H and O–H groups in total. The predicted octanol–water partition coefficient (Wildman–Crippen LogP) is 0.594. The average molecular weight is 146 g/mol. The SMILES string of the molecule is Nc1ccc[nH]1.[Cu]. The minimum Gasteiger partial charge on any atom is -0.385 e. The Morgan fingerprint density at radius 3 is 2.43 bits per heavy atom. The summed E-state index contributed by atoms with van der Waals surface area (Å²) in [7, 11) is 0. The van der Waals surface area contributed by atoms with Crippen molar-refractivity contribution in [3.8, 4) is 0 Å². The standard InChI is InChI=1S/C4H6N2.Cu/c5-4-2-1-3-6-4;/h1-3,6H,5H2;. The maximum absolute atomic E-state index is 5.22. The average Bonchev–Trinajstić information content (AvgIpc) is 1.86. The van der Waals surface area contributed by atoms with E-state index in [1.165, 1.54) is 0 Å². The molecule has 0 aliphatic rings. The Balaban J connectivity index is 0.000000360. The van der Waals surface area contributed by atoms with E-state index in [9.17, 15) is 0 Å². The summed E-state index contributed by atoms with van der Waals surface area (Å²) >= 11 is 0. The number of nitrogen functional groups attached to an aromatic ring is 1. The molecule has 0 aliphatic heterocycles. The molecule has 2 nitrogen and oxygen atoms in total. The van der Waals surface area contributed by atoms with Gasteiger partial charge in [-0.3, -0.25) is 0 Å². The summed E-state index contributed by atoms with van der Waals surface area (Å²) in [5.41, 5.74) is 5.22. The summed E-state index contributed by atoms with van der Waals surface area (Å²) in [5, 5.41) is 0. The van der Waals surface area contributed by atoms with E-state index < -0.39 is 0 Å². The van der Waals surface area contributed by atoms with Crippen LogP contribution in [0.4, 0.5) is 5.82 Å². The Kier molecular flexibility index (Phi) is 2.56. The van der Waals surface area contributed by atoms with Crippen LogP contribution in [0, 0.1) is 0 Å². The number of nitrogens with one attached hydrogen (secondary N) is 1. The van der Waals surface area contributed by atoms with Gasteiger partial charge in [0.2, 0.25) is 0 Å². The zero-order valence-corrected chi connectivity index (χ0v) is 4.55. The fourth-order valence-corrected chi connectivity index (χ4v) is 0.344. The van der Waals surface area contributed by atoms with Crippen molar-refractivity contribution < 1.29 is 17.1 Å². The summed E-state index contributed by atoms with van der Waals surface area (Å²) in [4.78, 5) is 2.78. The first-order valence-electron chi connectivity index (χ1n) is 1.78. The molecule has 0 amide bonds. The van der Waals surface area contributed by atoms with E-state index in [0.29, 0.717) is 0 Å². The van der Waals surface area contributed by atoms with Crippen LogP contribution in [-0.4, -0.2) is 4.98 Å². The van der Waals surface area contributed by atoms with Crippen molar-refractivity contribution in [1.82, 2.24) is 4.98 Å². The van der Waals surface area contributed by atoms with Gasteiger partial charge in [0.25, 0.3) is 0 Å². The summed E-state index contributed by atoms with van der Waals surface area (Å²) in [6.07, 6.45) is 1.79. The molecule has 1 radical (unpaired) electrons. The van der Waals surface area contributed by atoms with E-state index in [-0.39, 0.29) is 17.1 Å². The van der Waals surface area contributed by atoms with Crippen LogP contribution in [-0.2, 0) is 17.1 Å². The molecule has 3 heteroatoms. The summed E-state index contributed by atoms with van der Waals surface area (Å²) < 4.78 is 0. The quantitative estimate of drug-likeness (QED) is 0.516. The first-order chi connectivity index (χ1) is 2.89. The molecule has 1 aromatic rings. The van der Waals surface area contributed by atoms with E-state index >= 15 is 0 Å². The Morgan fingerprint density at radius 2 is 2.29 bits per heavy atom. The first kappa shape index (κ1) is 6.60. The predicted molar refractivity (Wildman–Crippen MR) is 25.2 cm³/mol. The maximum Gasteiger partial charge on any atom is 0.100 e. The van der Waals surface area contributed by atoms with Gasteiger partial charge >= 0.3 is 0 Å². The zero-order chi connectivity index (χ0) is 4.41. The normalized spacial score (nSPS) is 7.43. The molecule has 0 atom stereocenters. The van der Waals surface area contributed by atoms with Gasteiger partial charge in [0, 0.05) is 23.3 Å². The van der Waals surface area contributed by atoms with Gasteiger partial charge in [-0.15, -0.1) is 0 Å². The second-order valence-electron chi connectivity index (χ2n) is 1.13. The number of aromatic nitrogens is 1. The second kappa shape index (κ2) is 2.72. The summed E-state index contributed by atoms with van der Waals surface area (Å²) in [5.74, 6) is 0.718. The van der Waals surface area contributed by atoms with Crippen LogP contribution in [0.5, 0.6) is 0 Å². The molecule has 43 valence electrons. The summed E-state index contributed by atoms with van der Waals surface area (Å²) in [6, 6.07) is 3.66. The van der Waals surface area contributed by atoms with E-state index in [1.807, 2.05) is 6.07 Å². The van der Waals surface area contributed by atoms with Crippen molar-refractivity contribution in [2.24, 2.45) is 0 Å². The molecule has 0 aliphatic carbocycles.